The van der Waals surface area contributed by atoms with Gasteiger partial charge in [0.15, 0.2) is 5.76 Å². The molecule has 1 heterocycles. The van der Waals surface area contributed by atoms with E-state index in [1.165, 1.54) is 0 Å². The van der Waals surface area contributed by atoms with E-state index in [2.05, 4.69) is 21.1 Å². The van der Waals surface area contributed by atoms with E-state index < -0.39 is 0 Å². The van der Waals surface area contributed by atoms with Gasteiger partial charge >= 0.3 is 0 Å². The molecule has 0 unspecified atom stereocenters. The summed E-state index contributed by atoms with van der Waals surface area (Å²) in [5, 5.41) is 14.4. The molecule has 3 rings (SSSR count). The van der Waals surface area contributed by atoms with Gasteiger partial charge in [-0.05, 0) is 30.3 Å². The highest BCUT2D eigenvalue weighted by Crippen LogP contribution is 2.31. The van der Waals surface area contributed by atoms with Crippen LogP contribution in [0.4, 0.5) is 0 Å². The van der Waals surface area contributed by atoms with Crippen LogP contribution in [-0.4, -0.2) is 10.3 Å². The number of aromatic hydroxyl groups is 1. The summed E-state index contributed by atoms with van der Waals surface area (Å²) in [5.74, 6) is 0.882. The first-order chi connectivity index (χ1) is 8.24. The van der Waals surface area contributed by atoms with Gasteiger partial charge in [-0.15, -0.1) is 0 Å². The summed E-state index contributed by atoms with van der Waals surface area (Å²) in [7, 11) is 0. The zero-order valence-electron chi connectivity index (χ0n) is 8.72. The zero-order chi connectivity index (χ0) is 11.8. The van der Waals surface area contributed by atoms with Crippen LogP contribution in [0, 0.1) is 0 Å². The Morgan fingerprint density at radius 2 is 2.00 bits per heavy atom. The molecule has 1 aromatic heterocycles. The van der Waals surface area contributed by atoms with E-state index in [4.69, 9.17) is 4.52 Å². The molecule has 0 aliphatic heterocycles. The Kier molecular flexibility index (Phi) is 2.37. The van der Waals surface area contributed by atoms with E-state index in [1.54, 1.807) is 18.2 Å². The zero-order valence-corrected chi connectivity index (χ0v) is 10.3. The van der Waals surface area contributed by atoms with Gasteiger partial charge in [0.05, 0.1) is 0 Å². The molecule has 84 valence electrons. The van der Waals surface area contributed by atoms with E-state index in [9.17, 15) is 5.11 Å². The molecule has 0 bridgehead atoms. The van der Waals surface area contributed by atoms with Crippen LogP contribution < -0.4 is 0 Å². The van der Waals surface area contributed by atoms with Crippen molar-refractivity contribution in [2.24, 2.45) is 0 Å². The van der Waals surface area contributed by atoms with Gasteiger partial charge < -0.3 is 9.63 Å². The van der Waals surface area contributed by atoms with Gasteiger partial charge in [0.25, 0.3) is 0 Å². The third-order valence-corrected chi connectivity index (χ3v) is 3.04. The summed E-state index contributed by atoms with van der Waals surface area (Å²) in [6.45, 7) is 0. The smallest absolute Gasteiger partial charge is 0.174 e. The maximum Gasteiger partial charge on any atom is 0.174 e. The summed E-state index contributed by atoms with van der Waals surface area (Å²) in [6, 6.07) is 12.7. The third kappa shape index (κ3) is 1.80. The molecule has 3 aromatic rings. The summed E-state index contributed by atoms with van der Waals surface area (Å²) in [6.07, 6.45) is 0. The van der Waals surface area contributed by atoms with E-state index in [-0.39, 0.29) is 5.75 Å². The molecule has 4 heteroatoms. The van der Waals surface area contributed by atoms with Gasteiger partial charge in [-0.1, -0.05) is 33.2 Å². The van der Waals surface area contributed by atoms with Crippen molar-refractivity contribution in [3.05, 3.63) is 46.9 Å². The molecule has 0 amide bonds. The molecule has 0 aliphatic carbocycles. The van der Waals surface area contributed by atoms with Gasteiger partial charge in [0.2, 0.25) is 0 Å². The predicted molar refractivity (Wildman–Crippen MR) is 68.8 cm³/mol. The fraction of sp³-hybridized carbons (Fsp3) is 0. The first-order valence-electron chi connectivity index (χ1n) is 5.08. The van der Waals surface area contributed by atoms with Crippen LogP contribution in [0.15, 0.2) is 51.5 Å². The topological polar surface area (TPSA) is 46.3 Å². The average Bonchev–Trinajstić information content (AvgIpc) is 2.71. The lowest BCUT2D eigenvalue weighted by Gasteiger charge is -1.97. The number of hydrogen-bond acceptors (Lipinski definition) is 3. The van der Waals surface area contributed by atoms with Crippen LogP contribution >= 0.6 is 15.9 Å². The van der Waals surface area contributed by atoms with Gasteiger partial charge in [0, 0.05) is 15.4 Å². The van der Waals surface area contributed by atoms with E-state index in [0.717, 1.165) is 20.9 Å². The standard InChI is InChI=1S/C13H8BrNO2/c14-9-4-5-11-12(7-9)15-17-13(11)8-2-1-3-10(16)6-8/h1-7,16H. The van der Waals surface area contributed by atoms with Gasteiger partial charge in [-0.2, -0.15) is 0 Å². The number of fused-ring (bicyclic) bond motifs is 1. The van der Waals surface area contributed by atoms with Gasteiger partial charge in [-0.3, -0.25) is 0 Å². The minimum Gasteiger partial charge on any atom is -0.508 e. The minimum atomic E-state index is 0.212. The normalized spacial score (nSPS) is 10.9. The van der Waals surface area contributed by atoms with Gasteiger partial charge in [-0.25, -0.2) is 0 Å². The molecular formula is C13H8BrNO2. The number of hydrogen-bond donors (Lipinski definition) is 1. The maximum absolute atomic E-state index is 9.46. The fourth-order valence-electron chi connectivity index (χ4n) is 1.77. The summed E-state index contributed by atoms with van der Waals surface area (Å²) < 4.78 is 6.29. The number of aromatic nitrogens is 1. The van der Waals surface area contributed by atoms with Crippen molar-refractivity contribution in [1.29, 1.82) is 0 Å². The second-order valence-corrected chi connectivity index (χ2v) is 4.64. The van der Waals surface area contributed by atoms with Gasteiger partial charge in [0.1, 0.15) is 11.3 Å². The lowest BCUT2D eigenvalue weighted by atomic mass is 10.1. The molecule has 0 atom stereocenters. The predicted octanol–water partition coefficient (Wildman–Crippen LogP) is 3.96. The van der Waals surface area contributed by atoms with E-state index in [1.807, 2.05) is 24.3 Å². The second kappa shape index (κ2) is 3.89. The minimum absolute atomic E-state index is 0.212. The summed E-state index contributed by atoms with van der Waals surface area (Å²) >= 11 is 3.39. The molecular weight excluding hydrogens is 282 g/mol. The lowest BCUT2D eigenvalue weighted by molar-refractivity contribution is 0.440. The monoisotopic (exact) mass is 289 g/mol. The van der Waals surface area contributed by atoms with Crippen molar-refractivity contribution in [2.75, 3.05) is 0 Å². The summed E-state index contributed by atoms with van der Waals surface area (Å²) in [4.78, 5) is 0. The molecule has 0 aliphatic rings. The Labute approximate surface area is 106 Å². The van der Waals surface area contributed by atoms with Crippen molar-refractivity contribution in [3.63, 3.8) is 0 Å². The Balaban J connectivity index is 2.24. The average molecular weight is 290 g/mol. The molecule has 3 nitrogen and oxygen atoms in total. The SMILES string of the molecule is Oc1cccc(-c2onc3cc(Br)ccc23)c1. The lowest BCUT2D eigenvalue weighted by Crippen LogP contribution is -1.75. The van der Waals surface area contributed by atoms with Crippen LogP contribution in [0.2, 0.25) is 0 Å². The molecule has 1 N–H and O–H groups in total. The Bertz CT molecular complexity index is 691. The van der Waals surface area contributed by atoms with Crippen molar-refractivity contribution < 1.29 is 9.63 Å². The molecule has 0 saturated heterocycles. The number of benzene rings is 2. The Morgan fingerprint density at radius 1 is 1.12 bits per heavy atom. The highest BCUT2D eigenvalue weighted by molar-refractivity contribution is 9.10. The largest absolute Gasteiger partial charge is 0.508 e. The Hall–Kier alpha value is -1.81. The molecule has 0 saturated carbocycles. The van der Waals surface area contributed by atoms with Crippen molar-refractivity contribution >= 4 is 26.8 Å². The first kappa shape index (κ1) is 10.4. The van der Waals surface area contributed by atoms with Crippen LogP contribution in [0.5, 0.6) is 5.75 Å². The van der Waals surface area contributed by atoms with Crippen molar-refractivity contribution in [2.45, 2.75) is 0 Å². The maximum atomic E-state index is 9.46. The quantitative estimate of drug-likeness (QED) is 0.737. The number of rotatable bonds is 1. The van der Waals surface area contributed by atoms with Crippen molar-refractivity contribution in [1.82, 2.24) is 5.16 Å². The van der Waals surface area contributed by atoms with E-state index in [0.29, 0.717) is 5.76 Å². The fourth-order valence-corrected chi connectivity index (χ4v) is 2.12. The van der Waals surface area contributed by atoms with Crippen LogP contribution in [0.25, 0.3) is 22.2 Å². The summed E-state index contributed by atoms with van der Waals surface area (Å²) in [5.41, 5.74) is 1.60. The molecule has 17 heavy (non-hydrogen) atoms. The molecule has 0 spiro atoms. The van der Waals surface area contributed by atoms with Crippen molar-refractivity contribution in [3.8, 4) is 17.1 Å². The van der Waals surface area contributed by atoms with Crippen LogP contribution in [0.1, 0.15) is 0 Å². The molecule has 0 radical (unpaired) electrons. The van der Waals surface area contributed by atoms with Crippen LogP contribution in [0.3, 0.4) is 0 Å². The Morgan fingerprint density at radius 3 is 2.82 bits per heavy atom. The first-order valence-corrected chi connectivity index (χ1v) is 5.88. The highest BCUT2D eigenvalue weighted by atomic mass is 79.9. The number of phenols is 1. The number of halogens is 1. The molecule has 2 aromatic carbocycles. The highest BCUT2D eigenvalue weighted by Gasteiger charge is 2.10. The second-order valence-electron chi connectivity index (χ2n) is 3.72. The van der Waals surface area contributed by atoms with Crippen LogP contribution in [-0.2, 0) is 0 Å². The number of nitrogens with zero attached hydrogens (tertiary/aromatic N) is 1. The third-order valence-electron chi connectivity index (χ3n) is 2.55. The van der Waals surface area contributed by atoms with E-state index >= 15 is 0 Å². The number of phenolic OH excluding ortho intramolecular Hbond substituents is 1. The molecule has 0 fully saturated rings.